The lowest BCUT2D eigenvalue weighted by Gasteiger charge is -2.35. The van der Waals surface area contributed by atoms with E-state index >= 15 is 0 Å². The SMILES string of the molecule is CN1CC(CNC(=O)[C@H]2C[C@H](c3c(-c4ccc(F)cc4)[nH]c4c(F)cc(F)cc43)C2)CC1=O. The fraction of sp³-hybridized carbons (Fsp3) is 0.360. The number of hydrogen-bond acceptors (Lipinski definition) is 2. The Bertz CT molecular complexity index is 1230. The summed E-state index contributed by atoms with van der Waals surface area (Å²) in [5.41, 5.74) is 2.24. The van der Waals surface area contributed by atoms with E-state index in [2.05, 4.69) is 10.3 Å². The van der Waals surface area contributed by atoms with E-state index in [0.717, 1.165) is 11.6 Å². The van der Waals surface area contributed by atoms with Crippen molar-refractivity contribution in [2.45, 2.75) is 25.2 Å². The molecule has 0 spiro atoms. The van der Waals surface area contributed by atoms with Gasteiger partial charge in [0.25, 0.3) is 0 Å². The van der Waals surface area contributed by atoms with Crippen molar-refractivity contribution in [3.63, 3.8) is 0 Å². The Morgan fingerprint density at radius 3 is 2.52 bits per heavy atom. The van der Waals surface area contributed by atoms with Gasteiger partial charge in [0.05, 0.1) is 11.2 Å². The van der Waals surface area contributed by atoms with Crippen LogP contribution in [0.3, 0.4) is 0 Å². The van der Waals surface area contributed by atoms with Gasteiger partial charge in [-0.2, -0.15) is 0 Å². The molecule has 2 N–H and O–H groups in total. The molecule has 172 valence electrons. The molecule has 0 radical (unpaired) electrons. The minimum atomic E-state index is -0.690. The number of nitrogens with zero attached hydrogens (tertiary/aromatic N) is 1. The Kier molecular flexibility index (Phi) is 5.38. The zero-order valence-corrected chi connectivity index (χ0v) is 18.1. The van der Waals surface area contributed by atoms with Gasteiger partial charge in [-0.3, -0.25) is 9.59 Å². The molecule has 5 nitrogen and oxygen atoms in total. The molecule has 1 atom stereocenters. The van der Waals surface area contributed by atoms with Gasteiger partial charge in [0.15, 0.2) is 0 Å². The van der Waals surface area contributed by atoms with Crippen LogP contribution < -0.4 is 5.32 Å². The number of rotatable bonds is 5. The van der Waals surface area contributed by atoms with Gasteiger partial charge in [-0.25, -0.2) is 13.2 Å². The van der Waals surface area contributed by atoms with Crippen molar-refractivity contribution in [3.05, 3.63) is 59.4 Å². The molecule has 5 rings (SSSR count). The molecule has 1 unspecified atom stereocenters. The number of benzene rings is 2. The van der Waals surface area contributed by atoms with Gasteiger partial charge >= 0.3 is 0 Å². The molecular formula is C25H24F3N3O2. The van der Waals surface area contributed by atoms with Gasteiger partial charge in [0.1, 0.15) is 17.5 Å². The number of halogens is 3. The summed E-state index contributed by atoms with van der Waals surface area (Å²) < 4.78 is 42.0. The number of likely N-dealkylation sites (tertiary alicyclic amines) is 1. The Balaban J connectivity index is 1.35. The molecule has 0 bridgehead atoms. The number of amides is 2. The highest BCUT2D eigenvalue weighted by Crippen LogP contribution is 2.48. The number of hydrogen-bond donors (Lipinski definition) is 2. The predicted octanol–water partition coefficient (Wildman–Crippen LogP) is 4.34. The Labute approximate surface area is 189 Å². The summed E-state index contributed by atoms with van der Waals surface area (Å²) in [6, 6.07) is 7.98. The van der Waals surface area contributed by atoms with E-state index in [9.17, 15) is 22.8 Å². The fourth-order valence-electron chi connectivity index (χ4n) is 5.06. The van der Waals surface area contributed by atoms with E-state index in [4.69, 9.17) is 0 Å². The Morgan fingerprint density at radius 1 is 1.12 bits per heavy atom. The van der Waals surface area contributed by atoms with E-state index in [1.807, 2.05) is 0 Å². The number of carbonyl (C=O) groups is 2. The summed E-state index contributed by atoms with van der Waals surface area (Å²) in [7, 11) is 1.76. The zero-order valence-electron chi connectivity index (χ0n) is 18.1. The van der Waals surface area contributed by atoms with Gasteiger partial charge in [-0.1, -0.05) is 0 Å². The lowest BCUT2D eigenvalue weighted by atomic mass is 9.70. The monoisotopic (exact) mass is 455 g/mol. The van der Waals surface area contributed by atoms with Crippen molar-refractivity contribution >= 4 is 22.7 Å². The van der Waals surface area contributed by atoms with Crippen LogP contribution in [0.15, 0.2) is 36.4 Å². The maximum absolute atomic E-state index is 14.5. The van der Waals surface area contributed by atoms with Crippen molar-refractivity contribution in [2.24, 2.45) is 11.8 Å². The number of H-pyrrole nitrogens is 1. The third kappa shape index (κ3) is 3.98. The van der Waals surface area contributed by atoms with Crippen LogP contribution in [0.5, 0.6) is 0 Å². The molecule has 1 saturated heterocycles. The average Bonchev–Trinajstić information content (AvgIpc) is 3.26. The summed E-state index contributed by atoms with van der Waals surface area (Å²) in [4.78, 5) is 29.0. The molecule has 2 amide bonds. The first-order chi connectivity index (χ1) is 15.8. The molecule has 1 saturated carbocycles. The maximum Gasteiger partial charge on any atom is 0.223 e. The van der Waals surface area contributed by atoms with Crippen LogP contribution in [0.25, 0.3) is 22.2 Å². The normalized spacial score (nSPS) is 22.6. The quantitative estimate of drug-likeness (QED) is 0.601. The van der Waals surface area contributed by atoms with Crippen LogP contribution >= 0.6 is 0 Å². The fourth-order valence-corrected chi connectivity index (χ4v) is 5.06. The second-order valence-electron chi connectivity index (χ2n) is 9.19. The zero-order chi connectivity index (χ0) is 23.3. The minimum Gasteiger partial charge on any atom is -0.356 e. The molecule has 2 aliphatic rings. The molecule has 3 aromatic rings. The van der Waals surface area contributed by atoms with Crippen LogP contribution in [-0.2, 0) is 9.59 Å². The molecule has 1 aliphatic carbocycles. The largest absolute Gasteiger partial charge is 0.356 e. The second-order valence-corrected chi connectivity index (χ2v) is 9.19. The Morgan fingerprint density at radius 2 is 1.85 bits per heavy atom. The highest BCUT2D eigenvalue weighted by atomic mass is 19.1. The molecule has 8 heteroatoms. The third-order valence-electron chi connectivity index (χ3n) is 6.90. The van der Waals surface area contributed by atoms with Crippen LogP contribution in [0, 0.1) is 29.3 Å². The topological polar surface area (TPSA) is 65.2 Å². The van der Waals surface area contributed by atoms with Crippen molar-refractivity contribution in [1.29, 1.82) is 0 Å². The van der Waals surface area contributed by atoms with Crippen LogP contribution in [0.2, 0.25) is 0 Å². The Hall–Kier alpha value is -3.29. The summed E-state index contributed by atoms with van der Waals surface area (Å²) >= 11 is 0. The molecule has 2 heterocycles. The lowest BCUT2D eigenvalue weighted by Crippen LogP contribution is -2.40. The summed E-state index contributed by atoms with van der Waals surface area (Å²) in [6.45, 7) is 1.10. The first-order valence-electron chi connectivity index (χ1n) is 11.1. The van der Waals surface area contributed by atoms with E-state index < -0.39 is 11.6 Å². The van der Waals surface area contributed by atoms with Crippen LogP contribution in [0.4, 0.5) is 13.2 Å². The van der Waals surface area contributed by atoms with Crippen LogP contribution in [0.1, 0.15) is 30.7 Å². The third-order valence-corrected chi connectivity index (χ3v) is 6.90. The van der Waals surface area contributed by atoms with Crippen molar-refractivity contribution in [1.82, 2.24) is 15.2 Å². The van der Waals surface area contributed by atoms with Gasteiger partial charge < -0.3 is 15.2 Å². The van der Waals surface area contributed by atoms with Gasteiger partial charge in [-0.05, 0) is 60.2 Å². The minimum absolute atomic E-state index is 0.0602. The van der Waals surface area contributed by atoms with Gasteiger partial charge in [0.2, 0.25) is 11.8 Å². The predicted molar refractivity (Wildman–Crippen MR) is 118 cm³/mol. The molecule has 1 aromatic heterocycles. The van der Waals surface area contributed by atoms with Crippen LogP contribution in [-0.4, -0.2) is 41.8 Å². The molecule has 1 aliphatic heterocycles. The number of aromatic nitrogens is 1. The number of carbonyl (C=O) groups excluding carboxylic acids is 2. The molecular weight excluding hydrogens is 431 g/mol. The smallest absolute Gasteiger partial charge is 0.223 e. The highest BCUT2D eigenvalue weighted by Gasteiger charge is 2.39. The number of fused-ring (bicyclic) bond motifs is 1. The van der Waals surface area contributed by atoms with Crippen molar-refractivity contribution in [2.75, 3.05) is 20.1 Å². The highest BCUT2D eigenvalue weighted by molar-refractivity contribution is 5.92. The van der Waals surface area contributed by atoms with Gasteiger partial charge in [-0.15, -0.1) is 0 Å². The number of nitrogens with one attached hydrogen (secondary N) is 2. The lowest BCUT2D eigenvalue weighted by molar-refractivity contribution is -0.128. The summed E-state index contributed by atoms with van der Waals surface area (Å²) in [5, 5.41) is 3.40. The first-order valence-corrected chi connectivity index (χ1v) is 11.1. The molecule has 2 aromatic carbocycles. The second kappa shape index (κ2) is 8.24. The average molecular weight is 455 g/mol. The summed E-state index contributed by atoms with van der Waals surface area (Å²) in [5.74, 6) is -1.86. The van der Waals surface area contributed by atoms with Crippen molar-refractivity contribution in [3.8, 4) is 11.3 Å². The van der Waals surface area contributed by atoms with Crippen molar-refractivity contribution < 1.29 is 22.8 Å². The van der Waals surface area contributed by atoms with E-state index in [0.29, 0.717) is 49.0 Å². The van der Waals surface area contributed by atoms with Gasteiger partial charge in [0, 0.05) is 49.8 Å². The van der Waals surface area contributed by atoms with E-state index in [1.54, 1.807) is 24.1 Å². The molecule has 2 fully saturated rings. The van der Waals surface area contributed by atoms with E-state index in [1.165, 1.54) is 18.2 Å². The standard InChI is InChI=1S/C25H24F3N3O2/c1-31-12-13(6-21(31)32)11-29-25(33)16-7-15(8-16)22-19-9-18(27)10-20(28)24(19)30-23(22)14-2-4-17(26)5-3-14/h2-5,9-10,13,15-16,30H,6-8,11-12H2,1H3,(H,29,33)/t13?,15-,16-. The van der Waals surface area contributed by atoms with E-state index in [-0.39, 0.29) is 40.9 Å². The molecule has 33 heavy (non-hydrogen) atoms. The first kappa shape index (κ1) is 21.6. The number of aromatic amines is 1. The maximum atomic E-state index is 14.5. The summed E-state index contributed by atoms with van der Waals surface area (Å²) in [6.07, 6.45) is 1.54.